The summed E-state index contributed by atoms with van der Waals surface area (Å²) in [4.78, 5) is 9.58. The molecular weight excluding hydrogens is 437 g/mol. The van der Waals surface area contributed by atoms with Gasteiger partial charge < -0.3 is 15.5 Å². The molecule has 6 heteroatoms. The van der Waals surface area contributed by atoms with Crippen molar-refractivity contribution >= 4 is 29.9 Å². The third-order valence-electron chi connectivity index (χ3n) is 5.40. The van der Waals surface area contributed by atoms with Crippen LogP contribution < -0.4 is 10.6 Å². The molecule has 1 fully saturated rings. The SMILES string of the molecule is CCN(CC)C(CNC(=NC)NC1CCN(C(C)C)CC1)CC(C)C.I. The van der Waals surface area contributed by atoms with Crippen LogP contribution in [-0.2, 0) is 0 Å². The Hall–Kier alpha value is -0.0800. The van der Waals surface area contributed by atoms with Crippen molar-refractivity contribution < 1.29 is 0 Å². The van der Waals surface area contributed by atoms with E-state index in [0.29, 0.717) is 24.0 Å². The van der Waals surface area contributed by atoms with Gasteiger partial charge in [-0.1, -0.05) is 27.7 Å². The van der Waals surface area contributed by atoms with Gasteiger partial charge in [0.25, 0.3) is 0 Å². The largest absolute Gasteiger partial charge is 0.355 e. The van der Waals surface area contributed by atoms with Crippen LogP contribution in [0.2, 0.25) is 0 Å². The molecule has 156 valence electrons. The second kappa shape index (κ2) is 14.0. The number of piperidine rings is 1. The number of rotatable bonds is 9. The van der Waals surface area contributed by atoms with Crippen LogP contribution >= 0.6 is 24.0 Å². The van der Waals surface area contributed by atoms with E-state index < -0.39 is 0 Å². The van der Waals surface area contributed by atoms with E-state index in [2.05, 4.69) is 67.0 Å². The molecule has 0 aromatic heterocycles. The molecule has 2 N–H and O–H groups in total. The molecule has 0 amide bonds. The lowest BCUT2D eigenvalue weighted by atomic mass is 10.0. The molecule has 0 aromatic carbocycles. The highest BCUT2D eigenvalue weighted by atomic mass is 127. The van der Waals surface area contributed by atoms with Gasteiger partial charge in [0, 0.05) is 44.8 Å². The first kappa shape index (κ1) is 25.9. The molecule has 1 aliphatic heterocycles. The first-order valence-corrected chi connectivity index (χ1v) is 10.4. The van der Waals surface area contributed by atoms with Crippen LogP contribution in [0, 0.1) is 5.92 Å². The zero-order chi connectivity index (χ0) is 18.8. The Morgan fingerprint density at radius 1 is 1.12 bits per heavy atom. The summed E-state index contributed by atoms with van der Waals surface area (Å²) in [6.45, 7) is 19.3. The molecule has 1 rings (SSSR count). The van der Waals surface area contributed by atoms with E-state index in [4.69, 9.17) is 0 Å². The summed E-state index contributed by atoms with van der Waals surface area (Å²) < 4.78 is 0. The minimum Gasteiger partial charge on any atom is -0.355 e. The summed E-state index contributed by atoms with van der Waals surface area (Å²) in [6, 6.07) is 1.76. The summed E-state index contributed by atoms with van der Waals surface area (Å²) in [5, 5.41) is 7.23. The first-order chi connectivity index (χ1) is 11.9. The van der Waals surface area contributed by atoms with E-state index in [1.54, 1.807) is 0 Å². The third-order valence-corrected chi connectivity index (χ3v) is 5.40. The van der Waals surface area contributed by atoms with E-state index in [0.717, 1.165) is 25.6 Å². The topological polar surface area (TPSA) is 42.9 Å². The average molecular weight is 482 g/mol. The van der Waals surface area contributed by atoms with Crippen LogP contribution in [0.5, 0.6) is 0 Å². The molecule has 1 saturated heterocycles. The van der Waals surface area contributed by atoms with Crippen LogP contribution in [0.1, 0.15) is 60.8 Å². The molecular formula is C20H44IN5. The number of hydrogen-bond acceptors (Lipinski definition) is 3. The van der Waals surface area contributed by atoms with Crippen LogP contribution in [0.15, 0.2) is 4.99 Å². The van der Waals surface area contributed by atoms with Gasteiger partial charge in [-0.05, 0) is 52.1 Å². The zero-order valence-corrected chi connectivity index (χ0v) is 20.5. The Morgan fingerprint density at radius 3 is 2.12 bits per heavy atom. The number of hydrogen-bond donors (Lipinski definition) is 2. The zero-order valence-electron chi connectivity index (χ0n) is 18.2. The van der Waals surface area contributed by atoms with Crippen molar-refractivity contribution in [2.24, 2.45) is 10.9 Å². The molecule has 0 spiro atoms. The molecule has 1 aliphatic rings. The minimum atomic E-state index is 0. The lowest BCUT2D eigenvalue weighted by Gasteiger charge is -2.36. The van der Waals surface area contributed by atoms with Gasteiger partial charge in [-0.3, -0.25) is 9.89 Å². The Kier molecular flexibility index (Phi) is 14.0. The summed E-state index contributed by atoms with van der Waals surface area (Å²) >= 11 is 0. The highest BCUT2D eigenvalue weighted by molar-refractivity contribution is 14.0. The van der Waals surface area contributed by atoms with E-state index in [1.165, 1.54) is 32.4 Å². The van der Waals surface area contributed by atoms with Crippen molar-refractivity contribution in [3.8, 4) is 0 Å². The minimum absolute atomic E-state index is 0. The second-order valence-electron chi connectivity index (χ2n) is 8.01. The molecule has 1 heterocycles. The average Bonchev–Trinajstić information content (AvgIpc) is 2.59. The van der Waals surface area contributed by atoms with Crippen LogP contribution in [0.3, 0.4) is 0 Å². The predicted octanol–water partition coefficient (Wildman–Crippen LogP) is 3.40. The fourth-order valence-corrected chi connectivity index (χ4v) is 3.81. The summed E-state index contributed by atoms with van der Waals surface area (Å²) in [6.07, 6.45) is 3.62. The molecule has 0 bridgehead atoms. The quantitative estimate of drug-likeness (QED) is 0.301. The number of halogens is 1. The van der Waals surface area contributed by atoms with Gasteiger partial charge >= 0.3 is 0 Å². The molecule has 1 atom stereocenters. The van der Waals surface area contributed by atoms with E-state index in [1.807, 2.05) is 7.05 Å². The highest BCUT2D eigenvalue weighted by Crippen LogP contribution is 2.13. The van der Waals surface area contributed by atoms with Crippen LogP contribution in [0.4, 0.5) is 0 Å². The van der Waals surface area contributed by atoms with Crippen LogP contribution in [-0.4, -0.2) is 73.7 Å². The Bertz CT molecular complexity index is 374. The standard InChI is InChI=1S/C20H43N5.HI/c1-8-24(9-2)19(14-16(3)4)15-22-20(21-7)23-18-10-12-25(13-11-18)17(5)6;/h16-19H,8-15H2,1-7H3,(H2,21,22,23);1H. The maximum absolute atomic E-state index is 4.46. The van der Waals surface area contributed by atoms with Gasteiger partial charge in [-0.25, -0.2) is 0 Å². The molecule has 0 radical (unpaired) electrons. The van der Waals surface area contributed by atoms with Crippen molar-refractivity contribution in [3.63, 3.8) is 0 Å². The number of nitrogens with zero attached hydrogens (tertiary/aromatic N) is 3. The van der Waals surface area contributed by atoms with Crippen LogP contribution in [0.25, 0.3) is 0 Å². The molecule has 5 nitrogen and oxygen atoms in total. The van der Waals surface area contributed by atoms with Gasteiger partial charge in [0.1, 0.15) is 0 Å². The number of nitrogens with one attached hydrogen (secondary N) is 2. The van der Waals surface area contributed by atoms with Crippen molar-refractivity contribution in [1.29, 1.82) is 0 Å². The van der Waals surface area contributed by atoms with Crippen molar-refractivity contribution in [1.82, 2.24) is 20.4 Å². The second-order valence-corrected chi connectivity index (χ2v) is 8.01. The number of aliphatic imine (C=N–C) groups is 1. The lowest BCUT2D eigenvalue weighted by Crippen LogP contribution is -2.52. The normalized spacial score (nSPS) is 18.3. The number of likely N-dealkylation sites (tertiary alicyclic amines) is 1. The van der Waals surface area contributed by atoms with Gasteiger partial charge in [0.2, 0.25) is 0 Å². The molecule has 0 aliphatic carbocycles. The number of likely N-dealkylation sites (N-methyl/N-ethyl adjacent to an activating group) is 1. The molecule has 26 heavy (non-hydrogen) atoms. The van der Waals surface area contributed by atoms with Crippen molar-refractivity contribution in [3.05, 3.63) is 0 Å². The molecule has 0 saturated carbocycles. The lowest BCUT2D eigenvalue weighted by molar-refractivity contribution is 0.166. The Balaban J connectivity index is 0.00000625. The van der Waals surface area contributed by atoms with Gasteiger partial charge in [0.15, 0.2) is 5.96 Å². The molecule has 0 aromatic rings. The fraction of sp³-hybridized carbons (Fsp3) is 0.950. The maximum Gasteiger partial charge on any atom is 0.191 e. The smallest absolute Gasteiger partial charge is 0.191 e. The Morgan fingerprint density at radius 2 is 1.69 bits per heavy atom. The number of guanidine groups is 1. The fourth-order valence-electron chi connectivity index (χ4n) is 3.81. The summed E-state index contributed by atoms with van der Waals surface area (Å²) in [5.41, 5.74) is 0. The van der Waals surface area contributed by atoms with E-state index in [-0.39, 0.29) is 24.0 Å². The first-order valence-electron chi connectivity index (χ1n) is 10.4. The highest BCUT2D eigenvalue weighted by Gasteiger charge is 2.22. The Labute approximate surface area is 179 Å². The summed E-state index contributed by atoms with van der Waals surface area (Å²) in [7, 11) is 1.88. The molecule has 1 unspecified atom stereocenters. The van der Waals surface area contributed by atoms with E-state index >= 15 is 0 Å². The van der Waals surface area contributed by atoms with Crippen molar-refractivity contribution in [2.75, 3.05) is 39.8 Å². The van der Waals surface area contributed by atoms with E-state index in [9.17, 15) is 0 Å². The van der Waals surface area contributed by atoms with Gasteiger partial charge in [-0.15, -0.1) is 24.0 Å². The van der Waals surface area contributed by atoms with Crippen molar-refractivity contribution in [2.45, 2.75) is 78.9 Å². The third kappa shape index (κ3) is 9.22. The van der Waals surface area contributed by atoms with Gasteiger partial charge in [0.05, 0.1) is 0 Å². The predicted molar refractivity (Wildman–Crippen MR) is 126 cm³/mol. The maximum atomic E-state index is 4.46. The van der Waals surface area contributed by atoms with Gasteiger partial charge in [-0.2, -0.15) is 0 Å². The monoisotopic (exact) mass is 481 g/mol. The summed E-state index contributed by atoms with van der Waals surface area (Å²) in [5.74, 6) is 1.67.